The number of esters is 1. The molecule has 0 radical (unpaired) electrons. The summed E-state index contributed by atoms with van der Waals surface area (Å²) in [5.41, 5.74) is 2.46. The first-order chi connectivity index (χ1) is 8.19. The fraction of sp³-hybridized carbons (Fsp3) is 0.562. The molecule has 0 fully saturated rings. The number of cyclic esters (lactones) is 1. The third-order valence-electron chi connectivity index (χ3n) is 2.82. The van der Waals surface area contributed by atoms with Crippen molar-refractivity contribution in [3.63, 3.8) is 0 Å². The van der Waals surface area contributed by atoms with Crippen molar-refractivity contribution >= 4 is 5.97 Å². The molecule has 1 heterocycles. The van der Waals surface area contributed by atoms with E-state index in [0.717, 1.165) is 5.57 Å². The van der Waals surface area contributed by atoms with Gasteiger partial charge in [-0.2, -0.15) is 0 Å². The van der Waals surface area contributed by atoms with Crippen LogP contribution in [0.15, 0.2) is 35.5 Å². The van der Waals surface area contributed by atoms with Gasteiger partial charge < -0.3 is 4.74 Å². The first kappa shape index (κ1) is 14.7. The minimum absolute atomic E-state index is 0.134. The Balaban J connectivity index is 2.87. The SMILES string of the molecule is CC(=C\C(C)(C)C)/C=C(\C)[C@@H]1OC(=O)C=C[C@H]1C. The molecule has 1 rings (SSSR count). The molecule has 0 spiro atoms. The summed E-state index contributed by atoms with van der Waals surface area (Å²) >= 11 is 0. The number of rotatable bonds is 2. The van der Waals surface area contributed by atoms with E-state index in [1.807, 2.05) is 13.0 Å². The Kier molecular flexibility index (Phi) is 4.55. The lowest BCUT2D eigenvalue weighted by atomic mass is 9.91. The maximum absolute atomic E-state index is 11.3. The second-order valence-corrected chi connectivity index (χ2v) is 6.22. The van der Waals surface area contributed by atoms with Crippen molar-refractivity contribution in [1.82, 2.24) is 0 Å². The molecule has 2 heteroatoms. The lowest BCUT2D eigenvalue weighted by Gasteiger charge is -2.25. The van der Waals surface area contributed by atoms with Gasteiger partial charge in [-0.25, -0.2) is 4.79 Å². The summed E-state index contributed by atoms with van der Waals surface area (Å²) in [7, 11) is 0. The van der Waals surface area contributed by atoms with Gasteiger partial charge in [0.2, 0.25) is 0 Å². The highest BCUT2D eigenvalue weighted by molar-refractivity contribution is 5.83. The molecule has 100 valence electrons. The topological polar surface area (TPSA) is 26.3 Å². The van der Waals surface area contributed by atoms with Crippen LogP contribution in [0.3, 0.4) is 0 Å². The molecule has 0 unspecified atom stereocenters. The second kappa shape index (κ2) is 5.55. The van der Waals surface area contributed by atoms with Crippen LogP contribution in [0.1, 0.15) is 41.5 Å². The van der Waals surface area contributed by atoms with Crippen LogP contribution >= 0.6 is 0 Å². The first-order valence-electron chi connectivity index (χ1n) is 6.45. The van der Waals surface area contributed by atoms with Gasteiger partial charge in [0, 0.05) is 12.0 Å². The number of carbonyl (C=O) groups excluding carboxylic acids is 1. The van der Waals surface area contributed by atoms with Crippen molar-refractivity contribution in [2.24, 2.45) is 11.3 Å². The first-order valence-corrected chi connectivity index (χ1v) is 6.45. The molecule has 0 bridgehead atoms. The summed E-state index contributed by atoms with van der Waals surface area (Å²) in [6.45, 7) is 12.7. The molecular weight excluding hydrogens is 224 g/mol. The van der Waals surface area contributed by atoms with Crippen LogP contribution in [0.4, 0.5) is 0 Å². The van der Waals surface area contributed by atoms with Gasteiger partial charge >= 0.3 is 5.97 Å². The minimum atomic E-state index is -0.247. The van der Waals surface area contributed by atoms with E-state index < -0.39 is 0 Å². The van der Waals surface area contributed by atoms with E-state index in [-0.39, 0.29) is 23.4 Å². The van der Waals surface area contributed by atoms with E-state index >= 15 is 0 Å². The molecule has 1 aliphatic heterocycles. The van der Waals surface area contributed by atoms with E-state index in [9.17, 15) is 4.79 Å². The van der Waals surface area contributed by atoms with Crippen molar-refractivity contribution < 1.29 is 9.53 Å². The Morgan fingerprint density at radius 3 is 2.50 bits per heavy atom. The third-order valence-corrected chi connectivity index (χ3v) is 2.82. The lowest BCUT2D eigenvalue weighted by molar-refractivity contribution is -0.144. The Hall–Kier alpha value is -1.31. The predicted molar refractivity (Wildman–Crippen MR) is 75.2 cm³/mol. The average Bonchev–Trinajstić information content (AvgIpc) is 2.18. The molecule has 0 amide bonds. The second-order valence-electron chi connectivity index (χ2n) is 6.22. The van der Waals surface area contributed by atoms with Crippen LogP contribution in [0.2, 0.25) is 0 Å². The van der Waals surface area contributed by atoms with Gasteiger partial charge in [-0.3, -0.25) is 0 Å². The molecule has 0 aliphatic carbocycles. The molecule has 0 aromatic heterocycles. The molecule has 18 heavy (non-hydrogen) atoms. The molecular formula is C16H24O2. The third kappa shape index (κ3) is 4.52. The van der Waals surface area contributed by atoms with Gasteiger partial charge in [-0.05, 0) is 24.8 Å². The lowest BCUT2D eigenvalue weighted by Crippen LogP contribution is -2.28. The van der Waals surface area contributed by atoms with Crippen LogP contribution in [0.5, 0.6) is 0 Å². The van der Waals surface area contributed by atoms with E-state index in [1.165, 1.54) is 11.6 Å². The Labute approximate surface area is 110 Å². The van der Waals surface area contributed by atoms with E-state index in [2.05, 4.69) is 46.8 Å². The highest BCUT2D eigenvalue weighted by atomic mass is 16.5. The minimum Gasteiger partial charge on any atom is -0.454 e. The van der Waals surface area contributed by atoms with E-state index in [4.69, 9.17) is 4.74 Å². The van der Waals surface area contributed by atoms with Gasteiger partial charge in [0.15, 0.2) is 0 Å². The average molecular weight is 248 g/mol. The molecule has 2 atom stereocenters. The van der Waals surface area contributed by atoms with Crippen molar-refractivity contribution in [3.8, 4) is 0 Å². The van der Waals surface area contributed by atoms with E-state index in [1.54, 1.807) is 0 Å². The normalized spacial score (nSPS) is 26.2. The monoisotopic (exact) mass is 248 g/mol. The van der Waals surface area contributed by atoms with Gasteiger partial charge in [-0.15, -0.1) is 0 Å². The largest absolute Gasteiger partial charge is 0.454 e. The molecule has 0 aromatic rings. The summed E-state index contributed by atoms with van der Waals surface area (Å²) < 4.78 is 5.37. The predicted octanol–water partition coefficient (Wildman–Crippen LogP) is 4.04. The van der Waals surface area contributed by atoms with Crippen molar-refractivity contribution in [2.75, 3.05) is 0 Å². The van der Waals surface area contributed by atoms with Crippen LogP contribution < -0.4 is 0 Å². The Morgan fingerprint density at radius 1 is 1.33 bits per heavy atom. The zero-order chi connectivity index (χ0) is 13.9. The summed E-state index contributed by atoms with van der Waals surface area (Å²) in [4.78, 5) is 11.3. The highest BCUT2D eigenvalue weighted by Gasteiger charge is 2.24. The number of carbonyl (C=O) groups is 1. The van der Waals surface area contributed by atoms with Crippen molar-refractivity contribution in [1.29, 1.82) is 0 Å². The van der Waals surface area contributed by atoms with Crippen molar-refractivity contribution in [3.05, 3.63) is 35.5 Å². The highest BCUT2D eigenvalue weighted by Crippen LogP contribution is 2.24. The zero-order valence-corrected chi connectivity index (χ0v) is 12.3. The fourth-order valence-electron chi connectivity index (χ4n) is 2.28. The summed E-state index contributed by atoms with van der Waals surface area (Å²) in [5, 5.41) is 0. The van der Waals surface area contributed by atoms with E-state index in [0.29, 0.717) is 0 Å². The zero-order valence-electron chi connectivity index (χ0n) is 12.3. The maximum atomic E-state index is 11.3. The van der Waals surface area contributed by atoms with Gasteiger partial charge in [0.1, 0.15) is 6.10 Å². The van der Waals surface area contributed by atoms with Gasteiger partial charge in [0.05, 0.1) is 0 Å². The maximum Gasteiger partial charge on any atom is 0.331 e. The molecule has 1 aliphatic rings. The molecule has 0 N–H and O–H groups in total. The quantitative estimate of drug-likeness (QED) is 0.544. The summed E-state index contributed by atoms with van der Waals surface area (Å²) in [6.07, 6.45) is 7.62. The van der Waals surface area contributed by atoms with Crippen LogP contribution in [-0.4, -0.2) is 12.1 Å². The van der Waals surface area contributed by atoms with Gasteiger partial charge in [0.25, 0.3) is 0 Å². The summed E-state index contributed by atoms with van der Waals surface area (Å²) in [5.74, 6) is -0.00955. The van der Waals surface area contributed by atoms with Crippen molar-refractivity contribution in [2.45, 2.75) is 47.6 Å². The molecule has 0 saturated heterocycles. The Morgan fingerprint density at radius 2 is 1.94 bits per heavy atom. The summed E-state index contributed by atoms with van der Waals surface area (Å²) in [6, 6.07) is 0. The Bertz CT molecular complexity index is 405. The van der Waals surface area contributed by atoms with Crippen LogP contribution in [0.25, 0.3) is 0 Å². The number of allylic oxidation sites excluding steroid dienone is 3. The van der Waals surface area contributed by atoms with Crippen LogP contribution in [0, 0.1) is 11.3 Å². The standard InChI is InChI=1S/C16H24O2/c1-11(10-16(4,5)6)9-13(3)15-12(2)7-8-14(17)18-15/h7-10,12,15H,1-6H3/b11-10+,13-9+/t12-,15-/m1/s1. The fourth-order valence-corrected chi connectivity index (χ4v) is 2.28. The number of ether oxygens (including phenoxy) is 1. The molecule has 0 saturated carbocycles. The van der Waals surface area contributed by atoms with Crippen LogP contribution in [-0.2, 0) is 9.53 Å². The number of hydrogen-bond acceptors (Lipinski definition) is 2. The smallest absolute Gasteiger partial charge is 0.331 e. The molecule has 0 aromatic carbocycles. The molecule has 2 nitrogen and oxygen atoms in total. The number of hydrogen-bond donors (Lipinski definition) is 0. The van der Waals surface area contributed by atoms with Gasteiger partial charge in [-0.1, -0.05) is 51.5 Å².